The largest absolute Gasteiger partial charge is 0.393 e. The zero-order valence-electron chi connectivity index (χ0n) is 21.8. The van der Waals surface area contributed by atoms with E-state index in [2.05, 4.69) is 62.8 Å². The molecule has 6 heteroatoms. The predicted octanol–water partition coefficient (Wildman–Crippen LogP) is 6.14. The van der Waals surface area contributed by atoms with E-state index in [9.17, 15) is 9.90 Å². The number of aliphatic hydroxyl groups is 1. The fourth-order valence-electron chi connectivity index (χ4n) is 5.18. The lowest BCUT2D eigenvalue weighted by atomic mass is 9.74. The molecule has 1 aromatic rings. The summed E-state index contributed by atoms with van der Waals surface area (Å²) in [4.78, 5) is 16.3. The van der Waals surface area contributed by atoms with Crippen molar-refractivity contribution < 1.29 is 14.6 Å². The minimum atomic E-state index is -0.589. The van der Waals surface area contributed by atoms with Gasteiger partial charge in [0.1, 0.15) is 11.8 Å². The fraction of sp³-hybridized carbons (Fsp3) is 0.552. The molecular weight excluding hydrogens is 438 g/mol. The zero-order valence-corrected chi connectivity index (χ0v) is 21.8. The van der Waals surface area contributed by atoms with Gasteiger partial charge in [-0.05, 0) is 87.0 Å². The number of nitriles is 1. The van der Waals surface area contributed by atoms with Crippen molar-refractivity contribution >= 4 is 23.4 Å². The number of ether oxygens (including phenoxy) is 1. The van der Waals surface area contributed by atoms with Crippen LogP contribution >= 0.6 is 0 Å². The molecule has 1 aliphatic heterocycles. The van der Waals surface area contributed by atoms with Gasteiger partial charge in [0.15, 0.2) is 0 Å². The summed E-state index contributed by atoms with van der Waals surface area (Å²) >= 11 is 0. The van der Waals surface area contributed by atoms with E-state index in [0.29, 0.717) is 0 Å². The highest BCUT2D eigenvalue weighted by molar-refractivity contribution is 6.32. The lowest BCUT2D eigenvalue weighted by Gasteiger charge is -2.48. The van der Waals surface area contributed by atoms with E-state index >= 15 is 0 Å². The van der Waals surface area contributed by atoms with Gasteiger partial charge in [-0.15, -0.1) is 0 Å². The number of nitrogens with one attached hydrogen (secondary N) is 1. The van der Waals surface area contributed by atoms with Gasteiger partial charge in [0.05, 0.1) is 24.0 Å². The first-order chi connectivity index (χ1) is 16.4. The van der Waals surface area contributed by atoms with Crippen molar-refractivity contribution in [3.8, 4) is 6.07 Å². The van der Waals surface area contributed by atoms with Crippen LogP contribution in [0.15, 0.2) is 41.5 Å². The highest BCUT2D eigenvalue weighted by atomic mass is 16.5. The molecule has 1 amide bonds. The summed E-state index contributed by atoms with van der Waals surface area (Å²) < 4.78 is 6.35. The molecule has 0 saturated carbocycles. The zero-order chi connectivity index (χ0) is 25.9. The number of hydrogen-bond acceptors (Lipinski definition) is 5. The Morgan fingerprint density at radius 3 is 2.63 bits per heavy atom. The smallest absolute Gasteiger partial charge is 0.266 e. The molecular formula is C29H39N3O3. The Morgan fingerprint density at radius 1 is 1.31 bits per heavy atom. The molecule has 2 N–H and O–H groups in total. The number of carbonyl (C=O) groups excluding carboxylic acids is 1. The number of carbonyl (C=O) groups is 1. The van der Waals surface area contributed by atoms with Crippen LogP contribution < -0.4 is 5.32 Å². The van der Waals surface area contributed by atoms with Crippen molar-refractivity contribution in [2.45, 2.75) is 90.3 Å². The van der Waals surface area contributed by atoms with Crippen LogP contribution in [0.5, 0.6) is 0 Å². The molecule has 1 heterocycles. The summed E-state index contributed by atoms with van der Waals surface area (Å²) in [6.45, 7) is 14.3. The number of aliphatic imine (C=N–C) groups is 1. The third-order valence-corrected chi connectivity index (χ3v) is 7.49. The molecule has 1 fully saturated rings. The van der Waals surface area contributed by atoms with Crippen LogP contribution in [0.4, 0.5) is 5.69 Å². The Hall–Kier alpha value is -2.75. The van der Waals surface area contributed by atoms with E-state index < -0.39 is 11.5 Å². The fourth-order valence-corrected chi connectivity index (χ4v) is 5.18. The van der Waals surface area contributed by atoms with E-state index in [-0.39, 0.29) is 29.2 Å². The molecule has 2 aliphatic rings. The third-order valence-electron chi connectivity index (χ3n) is 7.49. The number of benzene rings is 1. The molecule has 0 aromatic heterocycles. The first kappa shape index (κ1) is 26.8. The van der Waals surface area contributed by atoms with E-state index in [1.165, 1.54) is 11.1 Å². The highest BCUT2D eigenvalue weighted by Gasteiger charge is 2.44. The molecule has 6 nitrogen and oxygen atoms in total. The van der Waals surface area contributed by atoms with Gasteiger partial charge in [0.25, 0.3) is 5.91 Å². The Kier molecular flexibility index (Phi) is 8.03. The molecule has 0 spiro atoms. The number of rotatable bonds is 7. The number of aliphatic hydroxyl groups excluding tert-OH is 1. The second kappa shape index (κ2) is 10.5. The molecule has 1 aliphatic carbocycles. The molecule has 0 radical (unpaired) electrons. The Bertz CT molecular complexity index is 1060. The summed E-state index contributed by atoms with van der Waals surface area (Å²) in [5.41, 5.74) is 3.53. The lowest BCUT2D eigenvalue weighted by Crippen LogP contribution is -2.49. The van der Waals surface area contributed by atoms with E-state index in [0.717, 1.165) is 56.0 Å². The number of nitrogens with zero attached hydrogens (tertiary/aromatic N) is 2. The molecule has 1 aromatic carbocycles. The molecule has 0 bridgehead atoms. The lowest BCUT2D eigenvalue weighted by molar-refractivity contribution is -0.196. The summed E-state index contributed by atoms with van der Waals surface area (Å²) in [7, 11) is 0. The molecule has 3 atom stereocenters. The third kappa shape index (κ3) is 6.68. The highest BCUT2D eigenvalue weighted by Crippen LogP contribution is 2.46. The minimum absolute atomic E-state index is 0.0154. The molecule has 188 valence electrons. The maximum Gasteiger partial charge on any atom is 0.266 e. The van der Waals surface area contributed by atoms with E-state index in [1.807, 2.05) is 19.1 Å². The van der Waals surface area contributed by atoms with Crippen molar-refractivity contribution in [2.24, 2.45) is 10.4 Å². The molecule has 0 unspecified atom stereocenters. The second-order valence-corrected chi connectivity index (χ2v) is 11.3. The summed E-state index contributed by atoms with van der Waals surface area (Å²) in [6.07, 6.45) is 8.87. The maximum atomic E-state index is 12.5. The van der Waals surface area contributed by atoms with Gasteiger partial charge in [-0.3, -0.25) is 4.79 Å². The van der Waals surface area contributed by atoms with Crippen LogP contribution in [-0.2, 0) is 9.53 Å². The average Bonchev–Trinajstić information content (AvgIpc) is 2.82. The first-order valence-electron chi connectivity index (χ1n) is 12.5. The number of anilines is 1. The number of hydrogen-bond donors (Lipinski definition) is 2. The van der Waals surface area contributed by atoms with Crippen LogP contribution in [0.25, 0.3) is 5.57 Å². The Balaban J connectivity index is 1.99. The molecule has 1 saturated heterocycles. The number of allylic oxidation sites excluding steroid dienone is 3. The summed E-state index contributed by atoms with van der Waals surface area (Å²) in [5.74, 6) is -0.167. The van der Waals surface area contributed by atoms with Gasteiger partial charge >= 0.3 is 0 Å². The van der Waals surface area contributed by atoms with E-state index in [4.69, 9.17) is 10.00 Å². The normalized spacial score (nSPS) is 28.3. The number of amides is 1. The van der Waals surface area contributed by atoms with Gasteiger partial charge in [-0.1, -0.05) is 39.5 Å². The van der Waals surface area contributed by atoms with Crippen LogP contribution in [-0.4, -0.2) is 35.0 Å². The standard InChI is InChI=1S/C29H39N3O3/c1-7-28(5)15-23(16-29(6,19-33)35-28)22-8-9-25(32-26(34)18-31-20(2)17-30)24(14-22)21-10-12-27(3,4)13-11-21/h8-10,14,18,23,33H,2,7,11-13,15-16,19H2,1,3-6H3,(H,32,34)/b31-18+/t23-,28-,29+/m1/s1. The summed E-state index contributed by atoms with van der Waals surface area (Å²) in [6, 6.07) is 8.05. The van der Waals surface area contributed by atoms with Crippen molar-refractivity contribution in [2.75, 3.05) is 11.9 Å². The van der Waals surface area contributed by atoms with E-state index in [1.54, 1.807) is 0 Å². The Labute approximate surface area is 209 Å². The predicted molar refractivity (Wildman–Crippen MR) is 141 cm³/mol. The SMILES string of the molecule is C=C(C#N)/N=C/C(=O)Nc1ccc([C@@H]2C[C@@](C)(CC)O[C@](C)(CO)C2)cc1C1=CCC(C)(C)CC1. The minimum Gasteiger partial charge on any atom is -0.393 e. The van der Waals surface area contributed by atoms with Crippen LogP contribution in [0.3, 0.4) is 0 Å². The molecule has 35 heavy (non-hydrogen) atoms. The van der Waals surface area contributed by atoms with Gasteiger partial charge in [0.2, 0.25) is 0 Å². The monoisotopic (exact) mass is 477 g/mol. The quantitative estimate of drug-likeness (QED) is 0.364. The maximum absolute atomic E-state index is 12.5. The van der Waals surface area contributed by atoms with Gasteiger partial charge < -0.3 is 15.2 Å². The van der Waals surface area contributed by atoms with Gasteiger partial charge in [-0.25, -0.2) is 4.99 Å². The van der Waals surface area contributed by atoms with Crippen LogP contribution in [0.2, 0.25) is 0 Å². The second-order valence-electron chi connectivity index (χ2n) is 11.3. The molecule has 3 rings (SSSR count). The Morgan fingerprint density at radius 2 is 2.03 bits per heavy atom. The van der Waals surface area contributed by atoms with Crippen molar-refractivity contribution in [3.05, 3.63) is 47.7 Å². The first-order valence-corrected chi connectivity index (χ1v) is 12.5. The van der Waals surface area contributed by atoms with Crippen molar-refractivity contribution in [3.63, 3.8) is 0 Å². The van der Waals surface area contributed by atoms with Crippen molar-refractivity contribution in [1.29, 1.82) is 5.26 Å². The summed E-state index contributed by atoms with van der Waals surface area (Å²) in [5, 5.41) is 21.9. The average molecular weight is 478 g/mol. The topological polar surface area (TPSA) is 94.7 Å². The van der Waals surface area contributed by atoms with Crippen LogP contribution in [0.1, 0.15) is 90.2 Å². The van der Waals surface area contributed by atoms with Crippen LogP contribution in [0, 0.1) is 16.7 Å². The van der Waals surface area contributed by atoms with Gasteiger partial charge in [-0.2, -0.15) is 5.26 Å². The van der Waals surface area contributed by atoms with Gasteiger partial charge in [0, 0.05) is 11.3 Å². The van der Waals surface area contributed by atoms with Crippen molar-refractivity contribution in [1.82, 2.24) is 0 Å².